The SMILES string of the molecule is Cc1ccc(-c2cc3cccnc3n2-c2cnc[nH]2)cc1. The summed E-state index contributed by atoms with van der Waals surface area (Å²) in [6.07, 6.45) is 5.31. The van der Waals surface area contributed by atoms with Gasteiger partial charge >= 0.3 is 0 Å². The molecule has 3 aromatic heterocycles. The van der Waals surface area contributed by atoms with Gasteiger partial charge in [-0.15, -0.1) is 0 Å². The highest BCUT2D eigenvalue weighted by Crippen LogP contribution is 2.29. The zero-order valence-corrected chi connectivity index (χ0v) is 11.6. The summed E-state index contributed by atoms with van der Waals surface area (Å²) in [4.78, 5) is 11.8. The van der Waals surface area contributed by atoms with E-state index in [0.29, 0.717) is 0 Å². The van der Waals surface area contributed by atoms with Crippen molar-refractivity contribution in [1.29, 1.82) is 0 Å². The van der Waals surface area contributed by atoms with Crippen LogP contribution in [0.25, 0.3) is 28.1 Å². The number of H-pyrrole nitrogens is 1. The van der Waals surface area contributed by atoms with Crippen molar-refractivity contribution in [2.75, 3.05) is 0 Å². The Morgan fingerprint density at radius 2 is 1.95 bits per heavy atom. The monoisotopic (exact) mass is 274 g/mol. The molecule has 0 saturated heterocycles. The van der Waals surface area contributed by atoms with Crippen LogP contribution in [-0.4, -0.2) is 19.5 Å². The van der Waals surface area contributed by atoms with Gasteiger partial charge < -0.3 is 4.98 Å². The molecule has 0 unspecified atom stereocenters. The van der Waals surface area contributed by atoms with E-state index in [1.165, 1.54) is 5.56 Å². The number of aromatic amines is 1. The molecule has 0 aliphatic rings. The van der Waals surface area contributed by atoms with Crippen molar-refractivity contribution in [2.45, 2.75) is 6.92 Å². The number of hydrogen-bond acceptors (Lipinski definition) is 2. The Labute approximate surface area is 122 Å². The molecule has 4 aromatic rings. The Balaban J connectivity index is 2.04. The second-order valence-corrected chi connectivity index (χ2v) is 5.08. The van der Waals surface area contributed by atoms with E-state index >= 15 is 0 Å². The second-order valence-electron chi connectivity index (χ2n) is 5.08. The molecule has 1 aromatic carbocycles. The lowest BCUT2D eigenvalue weighted by Gasteiger charge is -2.08. The Bertz CT molecular complexity index is 886. The van der Waals surface area contributed by atoms with E-state index in [1.54, 1.807) is 6.33 Å². The van der Waals surface area contributed by atoms with Gasteiger partial charge in [-0.3, -0.25) is 4.57 Å². The minimum Gasteiger partial charge on any atom is -0.331 e. The van der Waals surface area contributed by atoms with Crippen LogP contribution in [0.5, 0.6) is 0 Å². The third kappa shape index (κ3) is 1.92. The average Bonchev–Trinajstić information content (AvgIpc) is 3.14. The van der Waals surface area contributed by atoms with Gasteiger partial charge in [0.25, 0.3) is 0 Å². The molecule has 0 saturated carbocycles. The Morgan fingerprint density at radius 3 is 2.71 bits per heavy atom. The Hall–Kier alpha value is -2.88. The molecule has 0 spiro atoms. The Kier molecular flexibility index (Phi) is 2.60. The van der Waals surface area contributed by atoms with Crippen molar-refractivity contribution in [1.82, 2.24) is 19.5 Å². The minimum absolute atomic E-state index is 0.916. The summed E-state index contributed by atoms with van der Waals surface area (Å²) >= 11 is 0. The zero-order chi connectivity index (χ0) is 14.2. The average molecular weight is 274 g/mol. The third-order valence-corrected chi connectivity index (χ3v) is 3.63. The van der Waals surface area contributed by atoms with Crippen LogP contribution < -0.4 is 0 Å². The molecule has 0 amide bonds. The van der Waals surface area contributed by atoms with Crippen LogP contribution >= 0.6 is 0 Å². The number of aromatic nitrogens is 4. The molecule has 0 aliphatic carbocycles. The molecule has 4 rings (SSSR count). The van der Waals surface area contributed by atoms with E-state index in [0.717, 1.165) is 28.1 Å². The first kappa shape index (κ1) is 11.9. The van der Waals surface area contributed by atoms with Crippen LogP contribution in [0.3, 0.4) is 0 Å². The van der Waals surface area contributed by atoms with Crippen LogP contribution in [0.15, 0.2) is 61.2 Å². The van der Waals surface area contributed by atoms with Crippen LogP contribution in [0.1, 0.15) is 5.56 Å². The molecule has 0 bridgehead atoms. The number of fused-ring (bicyclic) bond motifs is 1. The number of imidazole rings is 1. The van der Waals surface area contributed by atoms with Crippen molar-refractivity contribution in [3.8, 4) is 17.1 Å². The molecule has 21 heavy (non-hydrogen) atoms. The fourth-order valence-corrected chi connectivity index (χ4v) is 2.59. The molecule has 3 heterocycles. The maximum absolute atomic E-state index is 4.52. The highest BCUT2D eigenvalue weighted by molar-refractivity contribution is 5.86. The topological polar surface area (TPSA) is 46.5 Å². The zero-order valence-electron chi connectivity index (χ0n) is 11.6. The predicted molar refractivity (Wildman–Crippen MR) is 83.4 cm³/mol. The smallest absolute Gasteiger partial charge is 0.146 e. The van der Waals surface area contributed by atoms with E-state index < -0.39 is 0 Å². The summed E-state index contributed by atoms with van der Waals surface area (Å²) in [7, 11) is 0. The van der Waals surface area contributed by atoms with Crippen molar-refractivity contribution in [2.24, 2.45) is 0 Å². The molecule has 1 N–H and O–H groups in total. The number of rotatable bonds is 2. The minimum atomic E-state index is 0.916. The van der Waals surface area contributed by atoms with Crippen LogP contribution in [0.2, 0.25) is 0 Å². The highest BCUT2D eigenvalue weighted by atomic mass is 15.1. The highest BCUT2D eigenvalue weighted by Gasteiger charge is 2.13. The van der Waals surface area contributed by atoms with Gasteiger partial charge in [0, 0.05) is 11.6 Å². The van der Waals surface area contributed by atoms with Crippen molar-refractivity contribution >= 4 is 11.0 Å². The van der Waals surface area contributed by atoms with Gasteiger partial charge in [-0.2, -0.15) is 0 Å². The quantitative estimate of drug-likeness (QED) is 0.605. The first-order valence-corrected chi connectivity index (χ1v) is 6.85. The van der Waals surface area contributed by atoms with E-state index in [9.17, 15) is 0 Å². The number of nitrogens with zero attached hydrogens (tertiary/aromatic N) is 3. The van der Waals surface area contributed by atoms with E-state index in [2.05, 4.69) is 62.8 Å². The molecule has 0 radical (unpaired) electrons. The fraction of sp³-hybridized carbons (Fsp3) is 0.0588. The van der Waals surface area contributed by atoms with Crippen LogP contribution in [0.4, 0.5) is 0 Å². The molecule has 0 atom stereocenters. The summed E-state index contributed by atoms with van der Waals surface area (Å²) in [5.74, 6) is 0.916. The van der Waals surface area contributed by atoms with Gasteiger partial charge in [-0.25, -0.2) is 9.97 Å². The van der Waals surface area contributed by atoms with E-state index in [4.69, 9.17) is 0 Å². The maximum atomic E-state index is 4.52. The molecular formula is C17H14N4. The summed E-state index contributed by atoms with van der Waals surface area (Å²) < 4.78 is 2.10. The number of benzene rings is 1. The van der Waals surface area contributed by atoms with Gasteiger partial charge in [-0.05, 0) is 30.7 Å². The lowest BCUT2D eigenvalue weighted by molar-refractivity contribution is 1.05. The lowest BCUT2D eigenvalue weighted by Crippen LogP contribution is -1.98. The first-order valence-electron chi connectivity index (χ1n) is 6.85. The van der Waals surface area contributed by atoms with Crippen molar-refractivity contribution in [3.05, 3.63) is 66.7 Å². The second kappa shape index (κ2) is 4.59. The summed E-state index contributed by atoms with van der Waals surface area (Å²) in [5.41, 5.74) is 4.44. The van der Waals surface area contributed by atoms with Crippen molar-refractivity contribution in [3.63, 3.8) is 0 Å². The Morgan fingerprint density at radius 1 is 1.10 bits per heavy atom. The summed E-state index contributed by atoms with van der Waals surface area (Å²) in [5, 5.41) is 1.11. The number of nitrogens with one attached hydrogen (secondary N) is 1. The third-order valence-electron chi connectivity index (χ3n) is 3.63. The van der Waals surface area contributed by atoms with Crippen LogP contribution in [0, 0.1) is 6.92 Å². The molecule has 102 valence electrons. The summed E-state index contributed by atoms with van der Waals surface area (Å²) in [6, 6.07) is 14.7. The fourth-order valence-electron chi connectivity index (χ4n) is 2.59. The van der Waals surface area contributed by atoms with Gasteiger partial charge in [-0.1, -0.05) is 29.8 Å². The van der Waals surface area contributed by atoms with Gasteiger partial charge in [0.2, 0.25) is 0 Å². The number of aryl methyl sites for hydroxylation is 1. The normalized spacial score (nSPS) is 11.1. The lowest BCUT2D eigenvalue weighted by atomic mass is 10.1. The number of hydrogen-bond donors (Lipinski definition) is 1. The molecule has 0 fully saturated rings. The molecule has 4 nitrogen and oxygen atoms in total. The molecular weight excluding hydrogens is 260 g/mol. The van der Waals surface area contributed by atoms with E-state index in [1.807, 2.05) is 18.5 Å². The van der Waals surface area contributed by atoms with Crippen molar-refractivity contribution < 1.29 is 0 Å². The van der Waals surface area contributed by atoms with Gasteiger partial charge in [0.05, 0.1) is 18.2 Å². The van der Waals surface area contributed by atoms with Gasteiger partial charge in [0.15, 0.2) is 0 Å². The predicted octanol–water partition coefficient (Wildman–Crippen LogP) is 3.72. The van der Waals surface area contributed by atoms with E-state index in [-0.39, 0.29) is 0 Å². The summed E-state index contributed by atoms with van der Waals surface area (Å²) in [6.45, 7) is 2.09. The maximum Gasteiger partial charge on any atom is 0.146 e. The largest absolute Gasteiger partial charge is 0.331 e. The first-order chi connectivity index (χ1) is 10.3. The molecule has 4 heteroatoms. The standard InChI is InChI=1S/C17H14N4/c1-12-4-6-13(7-5-12)15-9-14-3-2-8-19-17(14)21(15)16-10-18-11-20-16/h2-11H,1H3,(H,18,20). The number of pyridine rings is 1. The molecule has 0 aliphatic heterocycles. The van der Waals surface area contributed by atoms with Crippen LogP contribution in [-0.2, 0) is 0 Å². The van der Waals surface area contributed by atoms with Gasteiger partial charge in [0.1, 0.15) is 11.5 Å².